The maximum Gasteiger partial charge on any atom is 0.251 e. The van der Waals surface area contributed by atoms with Gasteiger partial charge in [0.1, 0.15) is 11.6 Å². The molecule has 2 aliphatic heterocycles. The van der Waals surface area contributed by atoms with Crippen molar-refractivity contribution in [3.8, 4) is 5.75 Å². The number of anilines is 1. The van der Waals surface area contributed by atoms with E-state index in [1.54, 1.807) is 36.7 Å². The van der Waals surface area contributed by atoms with Gasteiger partial charge in [-0.05, 0) is 74.0 Å². The quantitative estimate of drug-likeness (QED) is 0.234. The van der Waals surface area contributed by atoms with Crippen molar-refractivity contribution in [1.29, 1.82) is 5.41 Å². The Balaban J connectivity index is 1.32. The van der Waals surface area contributed by atoms with E-state index in [1.807, 2.05) is 24.3 Å². The fourth-order valence-corrected chi connectivity index (χ4v) is 5.13. The number of carbonyl (C=O) groups is 1. The molecule has 3 aromatic rings. The number of aliphatic imine (C=N–C) groups is 1. The molecule has 0 saturated carbocycles. The number of ether oxygens (including phenoxy) is 1. The highest BCUT2D eigenvalue weighted by atomic mass is 35.5. The molecule has 0 spiro atoms. The Kier molecular flexibility index (Phi) is 7.57. The van der Waals surface area contributed by atoms with Crippen LogP contribution in [0.4, 0.5) is 5.69 Å². The minimum atomic E-state index is -0.654. The molecule has 0 radical (unpaired) electrons. The van der Waals surface area contributed by atoms with Crippen molar-refractivity contribution in [2.24, 2.45) is 10.7 Å². The summed E-state index contributed by atoms with van der Waals surface area (Å²) in [5.41, 5.74) is 9.72. The van der Waals surface area contributed by atoms with Crippen molar-refractivity contribution < 1.29 is 9.53 Å². The summed E-state index contributed by atoms with van der Waals surface area (Å²) in [6.07, 6.45) is 5.43. The van der Waals surface area contributed by atoms with Crippen LogP contribution in [0.5, 0.6) is 5.75 Å². The molecule has 0 unspecified atom stereocenters. The largest absolute Gasteiger partial charge is 0.493 e. The Morgan fingerprint density at radius 3 is 2.74 bits per heavy atom. The van der Waals surface area contributed by atoms with Crippen molar-refractivity contribution in [3.05, 3.63) is 88.2 Å². The fraction of sp³-hybridized carbons (Fsp3) is 0.286. The number of rotatable bonds is 7. The van der Waals surface area contributed by atoms with Crippen molar-refractivity contribution in [2.75, 3.05) is 25.0 Å². The third kappa shape index (κ3) is 5.64. The average Bonchev–Trinajstić information content (AvgIpc) is 3.41. The zero-order valence-corrected chi connectivity index (χ0v) is 21.6. The third-order valence-corrected chi connectivity index (χ3v) is 7.12. The van der Waals surface area contributed by atoms with Gasteiger partial charge in [-0.15, -0.1) is 0 Å². The number of nitrogens with zero attached hydrogens (tertiary/aromatic N) is 2. The van der Waals surface area contributed by atoms with Crippen LogP contribution in [-0.4, -0.2) is 47.8 Å². The Morgan fingerprint density at radius 1 is 1.16 bits per heavy atom. The second-order valence-corrected chi connectivity index (χ2v) is 9.89. The minimum absolute atomic E-state index is 0.0780. The van der Waals surface area contributed by atoms with E-state index in [2.05, 4.69) is 25.9 Å². The molecule has 0 bridgehead atoms. The first-order chi connectivity index (χ1) is 18.4. The third-order valence-electron chi connectivity index (χ3n) is 6.91. The molecule has 1 fully saturated rings. The topological polar surface area (TPSA) is 138 Å². The number of halogens is 1. The summed E-state index contributed by atoms with van der Waals surface area (Å²) in [5, 5.41) is 18.9. The molecule has 1 saturated heterocycles. The van der Waals surface area contributed by atoms with Gasteiger partial charge >= 0.3 is 0 Å². The van der Waals surface area contributed by atoms with Gasteiger partial charge in [-0.2, -0.15) is 0 Å². The summed E-state index contributed by atoms with van der Waals surface area (Å²) < 4.78 is 5.75. The summed E-state index contributed by atoms with van der Waals surface area (Å²) in [4.78, 5) is 21.5. The number of carbonyl (C=O) groups excluding carboxylic acids is 1. The Labute approximate surface area is 226 Å². The van der Waals surface area contributed by atoms with Gasteiger partial charge in [0.15, 0.2) is 5.84 Å². The molecule has 1 amide bonds. The molecule has 2 aliphatic rings. The maximum atomic E-state index is 13.1. The lowest BCUT2D eigenvalue weighted by molar-refractivity contribution is 0.0950. The molecular weight excluding hydrogens is 502 g/mol. The van der Waals surface area contributed by atoms with E-state index in [1.165, 1.54) is 0 Å². The summed E-state index contributed by atoms with van der Waals surface area (Å²) >= 11 is 6.26. The number of amidine groups is 2. The summed E-state index contributed by atoms with van der Waals surface area (Å²) in [7, 11) is 0. The molecule has 38 heavy (non-hydrogen) atoms. The Bertz CT molecular complexity index is 1370. The van der Waals surface area contributed by atoms with Gasteiger partial charge in [0.25, 0.3) is 5.91 Å². The number of piperidine rings is 1. The van der Waals surface area contributed by atoms with E-state index < -0.39 is 5.54 Å². The van der Waals surface area contributed by atoms with Gasteiger partial charge in [0, 0.05) is 52.8 Å². The Morgan fingerprint density at radius 2 is 1.95 bits per heavy atom. The van der Waals surface area contributed by atoms with Gasteiger partial charge in [0.05, 0.1) is 12.1 Å². The number of nitrogens with one attached hydrogen (secondary N) is 4. The molecule has 3 heterocycles. The van der Waals surface area contributed by atoms with E-state index >= 15 is 0 Å². The van der Waals surface area contributed by atoms with Crippen LogP contribution in [0, 0.1) is 5.41 Å². The number of pyridine rings is 1. The first kappa shape index (κ1) is 25.7. The van der Waals surface area contributed by atoms with Crippen molar-refractivity contribution in [3.63, 3.8) is 0 Å². The maximum absolute atomic E-state index is 13.1. The van der Waals surface area contributed by atoms with Crippen molar-refractivity contribution in [1.82, 2.24) is 15.6 Å². The highest BCUT2D eigenvalue weighted by Crippen LogP contribution is 2.33. The molecular formula is C28H30ClN7O2. The van der Waals surface area contributed by atoms with E-state index in [4.69, 9.17) is 27.5 Å². The van der Waals surface area contributed by atoms with Crippen molar-refractivity contribution >= 4 is 34.9 Å². The SMILES string of the molecule is N=C(N=C(N)C1(Nc2cccc(C(=O)NCc3cc(Cl)cc4c3OCC4)c2)CCNCC1)c1ccncc1. The zero-order valence-electron chi connectivity index (χ0n) is 20.9. The molecule has 9 nitrogen and oxygen atoms in total. The molecule has 1 aromatic heterocycles. The fourth-order valence-electron chi connectivity index (χ4n) is 4.87. The molecule has 0 atom stereocenters. The van der Waals surface area contributed by atoms with Gasteiger partial charge < -0.3 is 26.4 Å². The molecule has 6 N–H and O–H groups in total. The highest BCUT2D eigenvalue weighted by molar-refractivity contribution is 6.30. The monoisotopic (exact) mass is 531 g/mol. The van der Waals surface area contributed by atoms with Crippen LogP contribution in [0.15, 0.2) is 65.9 Å². The molecule has 10 heteroatoms. The average molecular weight is 532 g/mol. The van der Waals surface area contributed by atoms with Crippen LogP contribution >= 0.6 is 11.6 Å². The van der Waals surface area contributed by atoms with Gasteiger partial charge in [0.2, 0.25) is 0 Å². The van der Waals surface area contributed by atoms with Crippen LogP contribution in [0.1, 0.15) is 39.9 Å². The molecule has 5 rings (SSSR count). The lowest BCUT2D eigenvalue weighted by atomic mass is 9.86. The summed E-state index contributed by atoms with van der Waals surface area (Å²) in [6.45, 7) is 2.43. The van der Waals surface area contributed by atoms with Crippen LogP contribution < -0.4 is 26.4 Å². The van der Waals surface area contributed by atoms with Crippen LogP contribution in [0.2, 0.25) is 5.02 Å². The first-order valence-electron chi connectivity index (χ1n) is 12.6. The van der Waals surface area contributed by atoms with Crippen LogP contribution in [0.3, 0.4) is 0 Å². The number of hydrogen-bond acceptors (Lipinski definition) is 6. The lowest BCUT2D eigenvalue weighted by Crippen LogP contribution is -2.56. The first-order valence-corrected chi connectivity index (χ1v) is 13.0. The second kappa shape index (κ2) is 11.2. The van der Waals surface area contributed by atoms with Crippen LogP contribution in [-0.2, 0) is 13.0 Å². The van der Waals surface area contributed by atoms with Gasteiger partial charge in [-0.1, -0.05) is 17.7 Å². The Hall–Kier alpha value is -3.95. The van der Waals surface area contributed by atoms with Gasteiger partial charge in [-0.25, -0.2) is 4.99 Å². The smallest absolute Gasteiger partial charge is 0.251 e. The predicted octanol–water partition coefficient (Wildman–Crippen LogP) is 3.52. The minimum Gasteiger partial charge on any atom is -0.493 e. The number of benzene rings is 2. The van der Waals surface area contributed by atoms with E-state index in [-0.39, 0.29) is 11.7 Å². The number of nitrogens with two attached hydrogens (primary N) is 1. The number of aromatic nitrogens is 1. The predicted molar refractivity (Wildman–Crippen MR) is 149 cm³/mol. The number of amides is 1. The molecule has 196 valence electrons. The van der Waals surface area contributed by atoms with Crippen molar-refractivity contribution in [2.45, 2.75) is 31.3 Å². The number of fused-ring (bicyclic) bond motifs is 1. The lowest BCUT2D eigenvalue weighted by Gasteiger charge is -2.38. The standard InChI is InChI=1S/C28H30ClN7O2/c29-22-14-19-6-13-38-24(19)21(15-22)17-34-26(37)20-2-1-3-23(16-20)36-28(7-11-33-12-8-28)27(31)35-25(30)18-4-9-32-10-5-18/h1-5,9-10,14-16,33,36H,6-8,11-13,17H2,(H,34,37)(H3,30,31,35). The molecule has 0 aliphatic carbocycles. The normalized spacial score (nSPS) is 16.3. The van der Waals surface area contributed by atoms with E-state index in [0.29, 0.717) is 48.0 Å². The van der Waals surface area contributed by atoms with Crippen LogP contribution in [0.25, 0.3) is 0 Å². The van der Waals surface area contributed by atoms with E-state index in [0.717, 1.165) is 42.1 Å². The summed E-state index contributed by atoms with van der Waals surface area (Å²) in [6, 6.07) is 14.5. The number of hydrogen-bond donors (Lipinski definition) is 5. The second-order valence-electron chi connectivity index (χ2n) is 9.45. The summed E-state index contributed by atoms with van der Waals surface area (Å²) in [5.74, 6) is 1.02. The van der Waals surface area contributed by atoms with E-state index in [9.17, 15) is 4.79 Å². The van der Waals surface area contributed by atoms with Gasteiger partial charge in [-0.3, -0.25) is 15.2 Å². The molecule has 2 aromatic carbocycles. The highest BCUT2D eigenvalue weighted by Gasteiger charge is 2.36. The zero-order chi connectivity index (χ0) is 26.5.